The van der Waals surface area contributed by atoms with Gasteiger partial charge in [-0.25, -0.2) is 0 Å². The van der Waals surface area contributed by atoms with Crippen LogP contribution in [0, 0.1) is 0 Å². The van der Waals surface area contributed by atoms with Gasteiger partial charge in [0.05, 0.1) is 13.0 Å². The number of hydrogen-bond acceptors (Lipinski definition) is 2. The van der Waals surface area contributed by atoms with Gasteiger partial charge in [0.25, 0.3) is 0 Å². The van der Waals surface area contributed by atoms with Gasteiger partial charge in [0.1, 0.15) is 11.4 Å². The van der Waals surface area contributed by atoms with E-state index in [-0.39, 0.29) is 17.9 Å². The Balaban J connectivity index is 2.65. The average molecular weight is 602 g/mol. The summed E-state index contributed by atoms with van der Waals surface area (Å²) in [5, 5.41) is 11.3. The lowest BCUT2D eigenvalue weighted by Gasteiger charge is -2.43. The molecule has 0 aliphatic carbocycles. The Morgan fingerprint density at radius 2 is 1.15 bits per heavy atom. The fraction of sp³-hybridized carbons (Fsp3) is 0.520. The van der Waals surface area contributed by atoms with Gasteiger partial charge < -0.3 is 9.84 Å². The van der Waals surface area contributed by atoms with Crippen LogP contribution in [0.15, 0.2) is 54.6 Å². The lowest BCUT2D eigenvalue weighted by atomic mass is 9.73. The molecule has 226 valence electrons. The van der Waals surface area contributed by atoms with Crippen molar-refractivity contribution in [1.82, 2.24) is 0 Å². The van der Waals surface area contributed by atoms with E-state index in [1.807, 2.05) is 0 Å². The fourth-order valence-corrected chi connectivity index (χ4v) is 3.83. The Morgan fingerprint density at radius 3 is 1.60 bits per heavy atom. The molecule has 0 amide bonds. The number of ether oxygens (including phenoxy) is 1. The first-order valence-corrected chi connectivity index (χ1v) is 11.5. The Bertz CT molecular complexity index is 1120. The SMILES string of the molecule is CCCOc1ccc(C(O)(CC(F)(F)C(F)(F)C(F)(F)C(F)(F)C(F)(F)C(F)(F)F)C(C)c2ccccc2)cc1. The van der Waals surface area contributed by atoms with E-state index >= 15 is 0 Å². The van der Waals surface area contributed by atoms with Crippen LogP contribution < -0.4 is 4.74 Å². The summed E-state index contributed by atoms with van der Waals surface area (Å²) in [5.41, 5.74) is -3.94. The molecule has 0 aliphatic rings. The number of alkyl halides is 13. The van der Waals surface area contributed by atoms with Crippen molar-refractivity contribution >= 4 is 0 Å². The third-order valence-corrected chi connectivity index (χ3v) is 6.33. The van der Waals surface area contributed by atoms with Gasteiger partial charge in [-0.05, 0) is 29.7 Å². The molecule has 0 heterocycles. The molecule has 0 aromatic heterocycles. The van der Waals surface area contributed by atoms with Gasteiger partial charge in [-0.3, -0.25) is 0 Å². The molecule has 2 aromatic rings. The molecule has 0 aliphatic heterocycles. The van der Waals surface area contributed by atoms with E-state index < -0.39 is 59.3 Å². The van der Waals surface area contributed by atoms with Crippen molar-refractivity contribution in [3.8, 4) is 5.75 Å². The first-order valence-electron chi connectivity index (χ1n) is 11.5. The predicted molar refractivity (Wildman–Crippen MR) is 116 cm³/mol. The summed E-state index contributed by atoms with van der Waals surface area (Å²) in [5.74, 6) is -39.3. The fourth-order valence-electron chi connectivity index (χ4n) is 3.83. The predicted octanol–water partition coefficient (Wildman–Crippen LogP) is 8.60. The highest BCUT2D eigenvalue weighted by atomic mass is 19.4. The van der Waals surface area contributed by atoms with E-state index in [0.29, 0.717) is 6.42 Å². The summed E-state index contributed by atoms with van der Waals surface area (Å²) in [6, 6.07) is 10.5. The molecule has 2 nitrogen and oxygen atoms in total. The van der Waals surface area contributed by atoms with Gasteiger partial charge in [0.2, 0.25) is 0 Å². The third kappa shape index (κ3) is 5.57. The smallest absolute Gasteiger partial charge is 0.460 e. The number of halogens is 13. The van der Waals surface area contributed by atoms with Crippen molar-refractivity contribution in [2.75, 3.05) is 6.61 Å². The van der Waals surface area contributed by atoms with Crippen molar-refractivity contribution in [1.29, 1.82) is 0 Å². The first-order chi connectivity index (χ1) is 18.0. The summed E-state index contributed by atoms with van der Waals surface area (Å²) in [6.45, 7) is 2.91. The van der Waals surface area contributed by atoms with Gasteiger partial charge in [-0.15, -0.1) is 0 Å². The highest BCUT2D eigenvalue weighted by Gasteiger charge is 2.90. The van der Waals surface area contributed by atoms with Crippen LogP contribution in [0.4, 0.5) is 57.1 Å². The van der Waals surface area contributed by atoms with Crippen molar-refractivity contribution in [3.05, 3.63) is 65.7 Å². The maximum Gasteiger partial charge on any atom is 0.460 e. The largest absolute Gasteiger partial charge is 0.494 e. The van der Waals surface area contributed by atoms with Crippen LogP contribution in [-0.4, -0.2) is 47.5 Å². The van der Waals surface area contributed by atoms with Crippen LogP contribution in [0.25, 0.3) is 0 Å². The summed E-state index contributed by atoms with van der Waals surface area (Å²) in [4.78, 5) is 0. The minimum atomic E-state index is -8.02. The average Bonchev–Trinajstić information content (AvgIpc) is 2.86. The second-order valence-electron chi connectivity index (χ2n) is 9.11. The van der Waals surface area contributed by atoms with Crippen LogP contribution in [0.1, 0.15) is 43.7 Å². The van der Waals surface area contributed by atoms with E-state index in [9.17, 15) is 62.2 Å². The molecule has 2 atom stereocenters. The van der Waals surface area contributed by atoms with Gasteiger partial charge in [0.15, 0.2) is 0 Å². The lowest BCUT2D eigenvalue weighted by Crippen LogP contribution is -2.70. The molecule has 2 aromatic carbocycles. The van der Waals surface area contributed by atoms with Crippen molar-refractivity contribution in [2.24, 2.45) is 0 Å². The molecule has 1 N–H and O–H groups in total. The standard InChI is InChI=1S/C25H23F13O2/c1-3-13-40-18-11-9-17(10-12-18)19(39,15(2)16-7-5-4-6-8-16)14-20(26,27)21(28,29)22(30,31)23(32,33)24(34,35)25(36,37)38/h4-12,15,39H,3,13-14H2,1-2H3. The van der Waals surface area contributed by atoms with Crippen LogP contribution in [0.2, 0.25) is 0 Å². The van der Waals surface area contributed by atoms with Gasteiger partial charge in [0, 0.05) is 5.92 Å². The summed E-state index contributed by atoms with van der Waals surface area (Å²) >= 11 is 0. The van der Waals surface area contributed by atoms with E-state index in [4.69, 9.17) is 4.74 Å². The molecule has 0 radical (unpaired) electrons. The molecule has 0 spiro atoms. The second-order valence-corrected chi connectivity index (χ2v) is 9.11. The molecule has 2 unspecified atom stereocenters. The monoisotopic (exact) mass is 602 g/mol. The molecule has 0 saturated heterocycles. The minimum absolute atomic E-state index is 0.0314. The number of rotatable bonds is 12. The van der Waals surface area contributed by atoms with E-state index in [2.05, 4.69) is 0 Å². The lowest BCUT2D eigenvalue weighted by molar-refractivity contribution is -0.441. The quantitative estimate of drug-likeness (QED) is 0.247. The van der Waals surface area contributed by atoms with Crippen LogP contribution in [-0.2, 0) is 5.60 Å². The number of hydrogen-bond donors (Lipinski definition) is 1. The Kier molecular flexibility index (Phi) is 9.16. The maximum absolute atomic E-state index is 14.9. The van der Waals surface area contributed by atoms with E-state index in [1.54, 1.807) is 6.92 Å². The van der Waals surface area contributed by atoms with Crippen LogP contribution >= 0.6 is 0 Å². The molecule has 2 rings (SSSR count). The normalized spacial score (nSPS) is 16.4. The van der Waals surface area contributed by atoms with E-state index in [0.717, 1.165) is 31.2 Å². The van der Waals surface area contributed by atoms with Gasteiger partial charge >= 0.3 is 35.8 Å². The molecule has 15 heteroatoms. The highest BCUT2D eigenvalue weighted by molar-refractivity contribution is 5.35. The zero-order chi connectivity index (χ0) is 31.0. The summed E-state index contributed by atoms with van der Waals surface area (Å²) in [6.07, 6.45) is -9.76. The second kappa shape index (κ2) is 10.9. The Hall–Kier alpha value is -2.71. The maximum atomic E-state index is 14.9. The third-order valence-electron chi connectivity index (χ3n) is 6.33. The zero-order valence-electron chi connectivity index (χ0n) is 20.7. The highest BCUT2D eigenvalue weighted by Crippen LogP contribution is 2.62. The molecule has 0 bridgehead atoms. The summed E-state index contributed by atoms with van der Waals surface area (Å²) in [7, 11) is 0. The van der Waals surface area contributed by atoms with Crippen molar-refractivity contribution in [2.45, 2.75) is 74.0 Å². The van der Waals surface area contributed by atoms with Gasteiger partial charge in [-0.1, -0.05) is 56.3 Å². The topological polar surface area (TPSA) is 29.5 Å². The Labute approximate surface area is 219 Å². The molecular formula is C25H23F13O2. The Morgan fingerprint density at radius 1 is 0.675 bits per heavy atom. The molecule has 40 heavy (non-hydrogen) atoms. The van der Waals surface area contributed by atoms with Crippen LogP contribution in [0.5, 0.6) is 5.75 Å². The number of aliphatic hydroxyl groups is 1. The molecule has 0 saturated carbocycles. The zero-order valence-corrected chi connectivity index (χ0v) is 20.7. The number of benzene rings is 2. The first kappa shape index (κ1) is 33.5. The van der Waals surface area contributed by atoms with Crippen LogP contribution in [0.3, 0.4) is 0 Å². The minimum Gasteiger partial charge on any atom is -0.494 e. The van der Waals surface area contributed by atoms with Gasteiger partial charge in [-0.2, -0.15) is 57.1 Å². The van der Waals surface area contributed by atoms with Crippen molar-refractivity contribution < 1.29 is 66.9 Å². The molecular weight excluding hydrogens is 579 g/mol. The van der Waals surface area contributed by atoms with E-state index in [1.165, 1.54) is 30.3 Å². The van der Waals surface area contributed by atoms with Crippen molar-refractivity contribution in [3.63, 3.8) is 0 Å². The summed E-state index contributed by atoms with van der Waals surface area (Å²) < 4.78 is 183. The molecule has 0 fully saturated rings.